The summed E-state index contributed by atoms with van der Waals surface area (Å²) in [6.07, 6.45) is 26.9. The van der Waals surface area contributed by atoms with Crippen LogP contribution in [0.5, 0.6) is 0 Å². The molecule has 1 aliphatic heterocycles. The van der Waals surface area contributed by atoms with Crippen LogP contribution in [-0.2, 0) is 20.8 Å². The number of benzene rings is 1. The van der Waals surface area contributed by atoms with Crippen molar-refractivity contribution < 1.29 is 24.6 Å². The Labute approximate surface area is 255 Å². The van der Waals surface area contributed by atoms with Crippen LogP contribution in [-0.4, -0.2) is 45.9 Å². The van der Waals surface area contributed by atoms with Crippen LogP contribution in [0.15, 0.2) is 138 Å². The fraction of sp³-hybridized carbons (Fsp3) is 0.278. The number of aliphatic hydroxyl groups is 1. The number of piperidine rings is 1. The fourth-order valence-electron chi connectivity index (χ4n) is 4.05. The van der Waals surface area contributed by atoms with Crippen molar-refractivity contribution in [1.29, 1.82) is 0 Å². The quantitative estimate of drug-likeness (QED) is 0.128. The van der Waals surface area contributed by atoms with E-state index in [1.54, 1.807) is 17.2 Å². The number of nitrogens with one attached hydrogen (secondary N) is 1. The number of hydrazine groups is 1. The minimum Gasteiger partial charge on any atom is -0.478 e. The van der Waals surface area contributed by atoms with Gasteiger partial charge in [0.15, 0.2) is 0 Å². The average molecular weight is 585 g/mol. The molecule has 0 saturated carbocycles. The van der Waals surface area contributed by atoms with Gasteiger partial charge in [0.2, 0.25) is 0 Å². The molecule has 0 aliphatic carbocycles. The molecule has 1 aliphatic rings. The van der Waals surface area contributed by atoms with E-state index in [0.29, 0.717) is 32.4 Å². The predicted molar refractivity (Wildman–Crippen MR) is 173 cm³/mol. The molecule has 1 fully saturated rings. The Hall–Kier alpha value is -4.30. The van der Waals surface area contributed by atoms with Gasteiger partial charge in [0.25, 0.3) is 0 Å². The second-order valence-corrected chi connectivity index (χ2v) is 10.6. The number of carbonyl (C=O) groups is 2. The normalized spacial score (nSPS) is 17.7. The Morgan fingerprint density at radius 3 is 1.79 bits per heavy atom. The molecule has 1 saturated heterocycles. The molecule has 0 unspecified atom stereocenters. The first-order valence-corrected chi connectivity index (χ1v) is 14.3. The van der Waals surface area contributed by atoms with Crippen molar-refractivity contribution in [3.63, 3.8) is 0 Å². The van der Waals surface area contributed by atoms with Gasteiger partial charge in [-0.15, -0.1) is 0 Å². The van der Waals surface area contributed by atoms with Crippen molar-refractivity contribution in [1.82, 2.24) is 10.6 Å². The third kappa shape index (κ3) is 16.1. The van der Waals surface area contributed by atoms with E-state index in [0.717, 1.165) is 33.9 Å². The SMILES string of the molecule is CC(=C/C=C/C(C)=C/C=C/C=C(C)/C=C/C=C(C)/C=C/C(=O)ONN1CCC(O)(Cc2ccccc2)CC1)/C=C/C(=O)O. The lowest BCUT2D eigenvalue weighted by Gasteiger charge is -2.37. The van der Waals surface area contributed by atoms with Gasteiger partial charge in [-0.25, -0.2) is 14.6 Å². The first-order chi connectivity index (χ1) is 20.5. The molecular weight excluding hydrogens is 540 g/mol. The van der Waals surface area contributed by atoms with Crippen molar-refractivity contribution in [2.24, 2.45) is 0 Å². The molecule has 3 N–H and O–H groups in total. The van der Waals surface area contributed by atoms with Crippen LogP contribution in [0, 0.1) is 0 Å². The topological polar surface area (TPSA) is 99.1 Å². The molecule has 228 valence electrons. The van der Waals surface area contributed by atoms with Gasteiger partial charge in [-0.2, -0.15) is 0 Å². The number of hydrogen-bond acceptors (Lipinski definition) is 6. The Morgan fingerprint density at radius 1 is 0.767 bits per heavy atom. The maximum atomic E-state index is 12.1. The van der Waals surface area contributed by atoms with E-state index in [-0.39, 0.29) is 0 Å². The number of carboxylic acids is 1. The van der Waals surface area contributed by atoms with Crippen LogP contribution in [0.2, 0.25) is 0 Å². The monoisotopic (exact) mass is 584 g/mol. The van der Waals surface area contributed by atoms with Gasteiger partial charge >= 0.3 is 11.9 Å². The van der Waals surface area contributed by atoms with Gasteiger partial charge in [-0.1, -0.05) is 131 Å². The van der Waals surface area contributed by atoms with E-state index in [1.165, 1.54) is 6.08 Å². The van der Waals surface area contributed by atoms with E-state index in [2.05, 4.69) is 5.59 Å². The third-order valence-electron chi connectivity index (χ3n) is 6.58. The average Bonchev–Trinajstić information content (AvgIpc) is 2.97. The van der Waals surface area contributed by atoms with Gasteiger partial charge in [0.05, 0.1) is 5.60 Å². The lowest BCUT2D eigenvalue weighted by Crippen LogP contribution is -2.51. The molecule has 0 bridgehead atoms. The molecule has 7 nitrogen and oxygen atoms in total. The summed E-state index contributed by atoms with van der Waals surface area (Å²) in [5.41, 5.74) is 6.94. The van der Waals surface area contributed by atoms with Gasteiger partial charge in [-0.05, 0) is 46.1 Å². The maximum absolute atomic E-state index is 12.1. The molecule has 1 heterocycles. The Balaban J connectivity index is 1.71. The lowest BCUT2D eigenvalue weighted by molar-refractivity contribution is -0.164. The molecule has 7 heteroatoms. The predicted octanol–water partition coefficient (Wildman–Crippen LogP) is 6.67. The van der Waals surface area contributed by atoms with Crippen molar-refractivity contribution in [3.8, 4) is 0 Å². The zero-order valence-corrected chi connectivity index (χ0v) is 25.6. The van der Waals surface area contributed by atoms with Gasteiger partial charge in [0, 0.05) is 31.7 Å². The zero-order valence-electron chi connectivity index (χ0n) is 25.6. The summed E-state index contributed by atoms with van der Waals surface area (Å²) >= 11 is 0. The van der Waals surface area contributed by atoms with E-state index >= 15 is 0 Å². The van der Waals surface area contributed by atoms with Crippen LogP contribution < -0.4 is 5.59 Å². The van der Waals surface area contributed by atoms with E-state index < -0.39 is 17.5 Å². The molecule has 1 aromatic carbocycles. The highest BCUT2D eigenvalue weighted by Crippen LogP contribution is 2.25. The molecule has 43 heavy (non-hydrogen) atoms. The second-order valence-electron chi connectivity index (χ2n) is 10.6. The minimum absolute atomic E-state index is 0.498. The highest BCUT2D eigenvalue weighted by atomic mass is 16.7. The molecule has 0 amide bonds. The summed E-state index contributed by atoms with van der Waals surface area (Å²) in [6.45, 7) is 8.88. The van der Waals surface area contributed by atoms with Crippen molar-refractivity contribution in [2.75, 3.05) is 13.1 Å². The molecule has 0 radical (unpaired) electrons. The third-order valence-corrected chi connectivity index (χ3v) is 6.58. The Kier molecular flexibility index (Phi) is 15.4. The summed E-state index contributed by atoms with van der Waals surface area (Å²) in [6, 6.07) is 9.97. The molecular formula is C36H44N2O5. The highest BCUT2D eigenvalue weighted by Gasteiger charge is 2.32. The van der Waals surface area contributed by atoms with E-state index in [4.69, 9.17) is 9.94 Å². The number of nitrogens with zero attached hydrogens (tertiary/aromatic N) is 1. The number of carbonyl (C=O) groups excluding carboxylic acids is 1. The van der Waals surface area contributed by atoms with E-state index in [1.807, 2.05) is 119 Å². The smallest absolute Gasteiger partial charge is 0.350 e. The molecule has 0 atom stereocenters. The van der Waals surface area contributed by atoms with Gasteiger partial charge in [0.1, 0.15) is 0 Å². The van der Waals surface area contributed by atoms with Gasteiger partial charge < -0.3 is 15.1 Å². The summed E-state index contributed by atoms with van der Waals surface area (Å²) in [5, 5.41) is 21.3. The molecule has 0 spiro atoms. The van der Waals surface area contributed by atoms with Crippen LogP contribution in [0.4, 0.5) is 0 Å². The number of rotatable bonds is 14. The molecule has 0 aromatic heterocycles. The number of carboxylic acid groups (broad SMARTS) is 1. The number of aliphatic carboxylic acids is 1. The minimum atomic E-state index is -0.963. The summed E-state index contributed by atoms with van der Waals surface area (Å²) < 4.78 is 0. The maximum Gasteiger partial charge on any atom is 0.350 e. The zero-order chi connectivity index (χ0) is 31.5. The fourth-order valence-corrected chi connectivity index (χ4v) is 4.05. The largest absolute Gasteiger partial charge is 0.478 e. The summed E-state index contributed by atoms with van der Waals surface area (Å²) in [4.78, 5) is 27.8. The van der Waals surface area contributed by atoms with E-state index in [9.17, 15) is 14.7 Å². The van der Waals surface area contributed by atoms with Crippen molar-refractivity contribution >= 4 is 11.9 Å². The summed E-state index contributed by atoms with van der Waals surface area (Å²) in [7, 11) is 0. The second kappa shape index (κ2) is 19.0. The Bertz CT molecular complexity index is 1330. The van der Waals surface area contributed by atoms with Gasteiger partial charge in [-0.3, -0.25) is 0 Å². The number of hydrogen-bond donors (Lipinski definition) is 3. The summed E-state index contributed by atoms with van der Waals surface area (Å²) in [5.74, 6) is -1.46. The van der Waals surface area contributed by atoms with Crippen LogP contribution in [0.1, 0.15) is 46.1 Å². The molecule has 2 rings (SSSR count). The van der Waals surface area contributed by atoms with Crippen molar-refractivity contribution in [2.45, 2.75) is 52.6 Å². The Morgan fingerprint density at radius 2 is 1.26 bits per heavy atom. The first kappa shape index (κ1) is 34.9. The van der Waals surface area contributed by atoms with Crippen molar-refractivity contribution in [3.05, 3.63) is 143 Å². The molecule has 1 aromatic rings. The standard InChI is InChI=1S/C36H44N2O5/c1-29(14-10-16-31(3)20-22-34(39)40)12-8-9-13-30(2)15-11-17-32(4)21-23-35(41)43-37-38-26-24-36(42,25-27-38)28-33-18-6-5-7-19-33/h5-23,37,42H,24-28H2,1-4H3,(H,39,40)/b9-8+,14-10+,15-11+,22-20+,23-21+,29-12+,30-13+,31-16-,32-17+. The first-order valence-electron chi connectivity index (χ1n) is 14.3. The lowest BCUT2D eigenvalue weighted by atomic mass is 9.86. The van der Waals surface area contributed by atoms with Crippen LogP contribution in [0.25, 0.3) is 0 Å². The number of allylic oxidation sites excluding steroid dienone is 16. The van der Waals surface area contributed by atoms with Crippen LogP contribution >= 0.6 is 0 Å². The van der Waals surface area contributed by atoms with Crippen LogP contribution in [0.3, 0.4) is 0 Å². The highest BCUT2D eigenvalue weighted by molar-refractivity contribution is 5.82.